The van der Waals surface area contributed by atoms with E-state index in [1.54, 1.807) is 6.08 Å². The summed E-state index contributed by atoms with van der Waals surface area (Å²) in [5.41, 5.74) is 3.17. The van der Waals surface area contributed by atoms with Crippen molar-refractivity contribution in [3.8, 4) is 6.07 Å². The minimum Gasteiger partial charge on any atom is -0.459 e. The summed E-state index contributed by atoms with van der Waals surface area (Å²) >= 11 is 0. The van der Waals surface area contributed by atoms with E-state index in [0.29, 0.717) is 12.6 Å². The molecule has 0 saturated heterocycles. The summed E-state index contributed by atoms with van der Waals surface area (Å²) in [6.07, 6.45) is 4.00. The van der Waals surface area contributed by atoms with Gasteiger partial charge in [-0.15, -0.1) is 0 Å². The predicted octanol–water partition coefficient (Wildman–Crippen LogP) is 2.54. The van der Waals surface area contributed by atoms with E-state index in [9.17, 15) is 4.79 Å². The average Bonchev–Trinajstić information content (AvgIpc) is 3.24. The van der Waals surface area contributed by atoms with Gasteiger partial charge in [0.15, 0.2) is 0 Å². The molecule has 1 fully saturated rings. The van der Waals surface area contributed by atoms with Crippen molar-refractivity contribution in [1.29, 1.82) is 5.26 Å². The third-order valence-electron chi connectivity index (χ3n) is 3.60. The second-order valence-corrected chi connectivity index (χ2v) is 5.23. The van der Waals surface area contributed by atoms with E-state index < -0.39 is 5.97 Å². The van der Waals surface area contributed by atoms with Crippen LogP contribution in [-0.2, 0) is 14.3 Å². The SMILES string of the molecule is COCCOC(=O)C(C#N)=Cc1cc(C)n(C2CC2)c1C. The first-order chi connectivity index (χ1) is 10.1. The van der Waals surface area contributed by atoms with Gasteiger partial charge in [-0.1, -0.05) is 0 Å². The standard InChI is InChI=1S/C16H20N2O3/c1-11-8-13(12(2)18(11)15-4-5-15)9-14(10-17)16(19)21-7-6-20-3/h8-9,15H,4-7H2,1-3H3. The normalized spacial score (nSPS) is 14.9. The Morgan fingerprint density at radius 2 is 2.19 bits per heavy atom. The first-order valence-electron chi connectivity index (χ1n) is 7.04. The first kappa shape index (κ1) is 15.3. The van der Waals surface area contributed by atoms with Crippen molar-refractivity contribution in [2.45, 2.75) is 32.7 Å². The van der Waals surface area contributed by atoms with Gasteiger partial charge in [0.2, 0.25) is 0 Å². The zero-order chi connectivity index (χ0) is 15.4. The van der Waals surface area contributed by atoms with Crippen LogP contribution in [-0.4, -0.2) is 30.9 Å². The molecule has 0 unspecified atom stereocenters. The van der Waals surface area contributed by atoms with E-state index in [4.69, 9.17) is 14.7 Å². The lowest BCUT2D eigenvalue weighted by Crippen LogP contribution is -2.11. The smallest absolute Gasteiger partial charge is 0.348 e. The number of rotatable bonds is 6. The number of carbonyl (C=O) groups is 1. The van der Waals surface area contributed by atoms with E-state index in [2.05, 4.69) is 4.57 Å². The molecule has 5 nitrogen and oxygen atoms in total. The Kier molecular flexibility index (Phi) is 4.81. The monoisotopic (exact) mass is 288 g/mol. The van der Waals surface area contributed by atoms with Crippen molar-refractivity contribution in [1.82, 2.24) is 4.57 Å². The van der Waals surface area contributed by atoms with Crippen LogP contribution in [0.2, 0.25) is 0 Å². The molecular formula is C16H20N2O3. The van der Waals surface area contributed by atoms with Crippen LogP contribution < -0.4 is 0 Å². The molecule has 112 valence electrons. The van der Waals surface area contributed by atoms with Gasteiger partial charge in [-0.2, -0.15) is 5.26 Å². The van der Waals surface area contributed by atoms with E-state index in [1.165, 1.54) is 20.0 Å². The predicted molar refractivity (Wildman–Crippen MR) is 78.6 cm³/mol. The highest BCUT2D eigenvalue weighted by Crippen LogP contribution is 2.38. The molecule has 1 aromatic rings. The van der Waals surface area contributed by atoms with Crippen LogP contribution in [0.25, 0.3) is 6.08 Å². The van der Waals surface area contributed by atoms with Crippen molar-refractivity contribution in [2.75, 3.05) is 20.3 Å². The highest BCUT2D eigenvalue weighted by atomic mass is 16.6. The van der Waals surface area contributed by atoms with Gasteiger partial charge in [0.25, 0.3) is 0 Å². The molecule has 5 heteroatoms. The number of aryl methyl sites for hydroxylation is 1. The third kappa shape index (κ3) is 3.53. The molecule has 1 saturated carbocycles. The third-order valence-corrected chi connectivity index (χ3v) is 3.60. The molecule has 0 atom stereocenters. The molecule has 0 spiro atoms. The molecule has 0 bridgehead atoms. The van der Waals surface area contributed by atoms with Crippen LogP contribution in [0.15, 0.2) is 11.6 Å². The van der Waals surface area contributed by atoms with Gasteiger partial charge < -0.3 is 14.0 Å². The largest absolute Gasteiger partial charge is 0.459 e. The molecule has 0 amide bonds. The number of methoxy groups -OCH3 is 1. The molecule has 0 aromatic carbocycles. The van der Waals surface area contributed by atoms with Crippen LogP contribution in [0, 0.1) is 25.2 Å². The summed E-state index contributed by atoms with van der Waals surface area (Å²) in [5.74, 6) is -0.606. The van der Waals surface area contributed by atoms with Crippen LogP contribution in [0.3, 0.4) is 0 Å². The molecular weight excluding hydrogens is 268 g/mol. The number of hydrogen-bond acceptors (Lipinski definition) is 4. The number of aromatic nitrogens is 1. The number of ether oxygens (including phenoxy) is 2. The Labute approximate surface area is 124 Å². The maximum absolute atomic E-state index is 11.8. The van der Waals surface area contributed by atoms with Crippen LogP contribution in [0.5, 0.6) is 0 Å². The maximum Gasteiger partial charge on any atom is 0.348 e. The molecule has 1 aliphatic carbocycles. The molecule has 1 heterocycles. The first-order valence-corrected chi connectivity index (χ1v) is 7.04. The minimum absolute atomic E-state index is 0.0159. The average molecular weight is 288 g/mol. The Hall–Kier alpha value is -2.06. The van der Waals surface area contributed by atoms with Crippen molar-refractivity contribution in [3.05, 3.63) is 28.6 Å². The summed E-state index contributed by atoms with van der Waals surface area (Å²) in [6, 6.07) is 4.50. The fourth-order valence-corrected chi connectivity index (χ4v) is 2.43. The number of carbonyl (C=O) groups excluding carboxylic acids is 1. The van der Waals surface area contributed by atoms with E-state index in [1.807, 2.05) is 26.0 Å². The minimum atomic E-state index is -0.606. The number of nitriles is 1. The maximum atomic E-state index is 11.8. The molecule has 21 heavy (non-hydrogen) atoms. The molecule has 0 radical (unpaired) electrons. The van der Waals surface area contributed by atoms with E-state index in [-0.39, 0.29) is 12.2 Å². The van der Waals surface area contributed by atoms with Gasteiger partial charge in [0.1, 0.15) is 18.2 Å². The van der Waals surface area contributed by atoms with Gasteiger partial charge in [-0.3, -0.25) is 0 Å². The molecule has 1 aromatic heterocycles. The summed E-state index contributed by atoms with van der Waals surface area (Å²) in [4.78, 5) is 11.8. The fraction of sp³-hybridized carbons (Fsp3) is 0.500. The van der Waals surface area contributed by atoms with Crippen LogP contribution in [0.4, 0.5) is 0 Å². The highest BCUT2D eigenvalue weighted by molar-refractivity contribution is 5.98. The van der Waals surface area contributed by atoms with Gasteiger partial charge in [-0.05, 0) is 44.4 Å². The lowest BCUT2D eigenvalue weighted by Gasteiger charge is -2.07. The van der Waals surface area contributed by atoms with Crippen molar-refractivity contribution < 1.29 is 14.3 Å². The zero-order valence-corrected chi connectivity index (χ0v) is 12.7. The van der Waals surface area contributed by atoms with Gasteiger partial charge in [0.05, 0.1) is 6.61 Å². The molecule has 2 rings (SSSR count). The lowest BCUT2D eigenvalue weighted by molar-refractivity contribution is -0.139. The molecule has 0 N–H and O–H groups in total. The highest BCUT2D eigenvalue weighted by Gasteiger charge is 2.26. The topological polar surface area (TPSA) is 64.2 Å². The molecule has 0 aliphatic heterocycles. The summed E-state index contributed by atoms with van der Waals surface area (Å²) in [7, 11) is 1.53. The van der Waals surface area contributed by atoms with E-state index in [0.717, 1.165) is 17.0 Å². The second-order valence-electron chi connectivity index (χ2n) is 5.23. The fourth-order valence-electron chi connectivity index (χ4n) is 2.43. The van der Waals surface area contributed by atoms with Crippen molar-refractivity contribution >= 4 is 12.0 Å². The Morgan fingerprint density at radius 1 is 1.48 bits per heavy atom. The van der Waals surface area contributed by atoms with Gasteiger partial charge in [0, 0.05) is 24.5 Å². The van der Waals surface area contributed by atoms with Gasteiger partial charge in [-0.25, -0.2) is 4.79 Å². The summed E-state index contributed by atoms with van der Waals surface area (Å²) < 4.78 is 12.1. The van der Waals surface area contributed by atoms with Gasteiger partial charge >= 0.3 is 5.97 Å². The number of hydrogen-bond donors (Lipinski definition) is 0. The Bertz CT molecular complexity index is 604. The summed E-state index contributed by atoms with van der Waals surface area (Å²) in [5, 5.41) is 9.15. The Balaban J connectivity index is 2.18. The second kappa shape index (κ2) is 6.59. The van der Waals surface area contributed by atoms with Crippen LogP contribution >= 0.6 is 0 Å². The molecule has 1 aliphatic rings. The van der Waals surface area contributed by atoms with E-state index >= 15 is 0 Å². The number of esters is 1. The van der Waals surface area contributed by atoms with Crippen molar-refractivity contribution in [2.24, 2.45) is 0 Å². The quantitative estimate of drug-likeness (QED) is 0.349. The zero-order valence-electron chi connectivity index (χ0n) is 12.7. The van der Waals surface area contributed by atoms with Crippen molar-refractivity contribution in [3.63, 3.8) is 0 Å². The lowest BCUT2D eigenvalue weighted by atomic mass is 10.1. The summed E-state index contributed by atoms with van der Waals surface area (Å²) in [6.45, 7) is 4.53. The Morgan fingerprint density at radius 3 is 2.76 bits per heavy atom. The van der Waals surface area contributed by atoms with Crippen LogP contribution in [0.1, 0.15) is 35.8 Å². The number of nitrogens with zero attached hydrogens (tertiary/aromatic N) is 2.